The minimum atomic E-state index is -3.18. The van der Waals surface area contributed by atoms with E-state index in [-0.39, 0.29) is 18.2 Å². The second-order valence-corrected chi connectivity index (χ2v) is 5.49. The molecule has 2 N–H and O–H groups in total. The Hall–Kier alpha value is -0.620. The molecule has 0 heterocycles. The zero-order valence-corrected chi connectivity index (χ0v) is 9.30. The van der Waals surface area contributed by atoms with Crippen molar-refractivity contribution >= 4 is 15.7 Å². The minimum Gasteiger partial charge on any atom is -0.390 e. The fraction of sp³-hybridized carbons (Fsp3) is 0.875. The van der Waals surface area contributed by atoms with Crippen molar-refractivity contribution in [2.45, 2.75) is 25.9 Å². The molecule has 0 rings (SSSR count). The summed E-state index contributed by atoms with van der Waals surface area (Å²) < 4.78 is 21.5. The summed E-state index contributed by atoms with van der Waals surface area (Å²) in [5.41, 5.74) is 0. The summed E-state index contributed by atoms with van der Waals surface area (Å²) in [5.74, 6) is -0.487. The van der Waals surface area contributed by atoms with E-state index >= 15 is 0 Å². The van der Waals surface area contributed by atoms with E-state index in [0.717, 1.165) is 12.7 Å². The van der Waals surface area contributed by atoms with Gasteiger partial charge in [0, 0.05) is 19.2 Å². The predicted octanol–water partition coefficient (Wildman–Crippen LogP) is -0.692. The predicted molar refractivity (Wildman–Crippen MR) is 53.6 cm³/mol. The zero-order chi connectivity index (χ0) is 11.2. The number of rotatable bonds is 6. The third-order valence-corrected chi connectivity index (χ3v) is 2.50. The Bertz CT molecular complexity index is 273. The van der Waals surface area contributed by atoms with Crippen LogP contribution in [0.15, 0.2) is 0 Å². The van der Waals surface area contributed by atoms with Crippen LogP contribution in [0.25, 0.3) is 0 Å². The van der Waals surface area contributed by atoms with Crippen molar-refractivity contribution < 1.29 is 18.3 Å². The number of amides is 1. The Morgan fingerprint density at radius 1 is 1.50 bits per heavy atom. The number of hydrogen-bond acceptors (Lipinski definition) is 4. The van der Waals surface area contributed by atoms with Crippen LogP contribution >= 0.6 is 0 Å². The van der Waals surface area contributed by atoms with Crippen LogP contribution in [0.4, 0.5) is 0 Å². The van der Waals surface area contributed by atoms with E-state index < -0.39 is 15.9 Å². The summed E-state index contributed by atoms with van der Waals surface area (Å²) in [6, 6.07) is 0. The second kappa shape index (κ2) is 5.98. The smallest absolute Gasteiger partial charge is 0.220 e. The van der Waals surface area contributed by atoms with Crippen molar-refractivity contribution in [1.29, 1.82) is 0 Å². The lowest BCUT2D eigenvalue weighted by molar-refractivity contribution is -0.121. The molecule has 84 valence electrons. The van der Waals surface area contributed by atoms with E-state index in [1.807, 2.05) is 6.92 Å². The van der Waals surface area contributed by atoms with Gasteiger partial charge in [-0.2, -0.15) is 0 Å². The number of nitrogens with one attached hydrogen (secondary N) is 1. The molecule has 0 spiro atoms. The first kappa shape index (κ1) is 13.4. The van der Waals surface area contributed by atoms with Crippen LogP contribution in [0.3, 0.4) is 0 Å². The number of carbonyl (C=O) groups excluding carboxylic acids is 1. The lowest BCUT2D eigenvalue weighted by atomic mass is 10.3. The average Bonchev–Trinajstić information content (AvgIpc) is 1.98. The Kier molecular flexibility index (Phi) is 5.71. The number of hydrogen-bond donors (Lipinski definition) is 2. The zero-order valence-electron chi connectivity index (χ0n) is 8.49. The van der Waals surface area contributed by atoms with Gasteiger partial charge in [0.25, 0.3) is 0 Å². The van der Waals surface area contributed by atoms with Gasteiger partial charge < -0.3 is 10.4 Å². The van der Waals surface area contributed by atoms with Crippen LogP contribution in [-0.4, -0.2) is 44.1 Å². The summed E-state index contributed by atoms with van der Waals surface area (Å²) in [5, 5.41) is 11.7. The van der Waals surface area contributed by atoms with Gasteiger partial charge in [-0.25, -0.2) is 8.42 Å². The van der Waals surface area contributed by atoms with Gasteiger partial charge in [-0.15, -0.1) is 0 Å². The first-order chi connectivity index (χ1) is 6.35. The quantitative estimate of drug-likeness (QED) is 0.624. The van der Waals surface area contributed by atoms with Crippen LogP contribution in [-0.2, 0) is 14.6 Å². The van der Waals surface area contributed by atoms with Crippen LogP contribution in [0.1, 0.15) is 19.8 Å². The maximum Gasteiger partial charge on any atom is 0.220 e. The highest BCUT2D eigenvalue weighted by Crippen LogP contribution is 1.91. The molecule has 0 radical (unpaired) electrons. The molecular weight excluding hydrogens is 206 g/mol. The standard InChI is InChI=1S/C8H17NO4S/c1-3-4-8(11)9-5-7(10)6-14(2,12)13/h7,10H,3-6H2,1-2H3,(H,9,11). The molecule has 0 aliphatic heterocycles. The lowest BCUT2D eigenvalue weighted by Gasteiger charge is -2.10. The Morgan fingerprint density at radius 2 is 2.07 bits per heavy atom. The van der Waals surface area contributed by atoms with Gasteiger partial charge in [0.05, 0.1) is 11.9 Å². The normalized spacial score (nSPS) is 13.6. The van der Waals surface area contributed by atoms with Gasteiger partial charge >= 0.3 is 0 Å². The number of aliphatic hydroxyl groups excluding tert-OH is 1. The third kappa shape index (κ3) is 8.00. The number of sulfone groups is 1. The molecule has 1 atom stereocenters. The molecule has 0 aliphatic carbocycles. The largest absolute Gasteiger partial charge is 0.390 e. The highest BCUT2D eigenvalue weighted by molar-refractivity contribution is 7.90. The fourth-order valence-electron chi connectivity index (χ4n) is 0.955. The third-order valence-electron chi connectivity index (χ3n) is 1.51. The second-order valence-electron chi connectivity index (χ2n) is 3.30. The molecule has 0 bridgehead atoms. The molecule has 0 aromatic rings. The maximum absolute atomic E-state index is 10.9. The van der Waals surface area contributed by atoms with Gasteiger partial charge in [0.1, 0.15) is 9.84 Å². The SMILES string of the molecule is CCCC(=O)NCC(O)CS(C)(=O)=O. The molecule has 0 aliphatic rings. The molecule has 1 unspecified atom stereocenters. The average molecular weight is 223 g/mol. The van der Waals surface area contributed by atoms with Crippen LogP contribution in [0.2, 0.25) is 0 Å². The molecule has 14 heavy (non-hydrogen) atoms. The number of aliphatic hydroxyl groups is 1. The van der Waals surface area contributed by atoms with E-state index in [0.29, 0.717) is 6.42 Å². The topological polar surface area (TPSA) is 83.5 Å². The van der Waals surface area contributed by atoms with Gasteiger partial charge in [0.15, 0.2) is 0 Å². The van der Waals surface area contributed by atoms with Crippen LogP contribution in [0, 0.1) is 0 Å². The van der Waals surface area contributed by atoms with Gasteiger partial charge in [0.2, 0.25) is 5.91 Å². The highest BCUT2D eigenvalue weighted by atomic mass is 32.2. The van der Waals surface area contributed by atoms with E-state index in [4.69, 9.17) is 0 Å². The summed E-state index contributed by atoms with van der Waals surface area (Å²) >= 11 is 0. The summed E-state index contributed by atoms with van der Waals surface area (Å²) in [6.45, 7) is 1.86. The Labute approximate surface area is 84.4 Å². The molecule has 1 amide bonds. The monoisotopic (exact) mass is 223 g/mol. The van der Waals surface area contributed by atoms with Crippen molar-refractivity contribution in [2.24, 2.45) is 0 Å². The van der Waals surface area contributed by atoms with Gasteiger partial charge in [-0.3, -0.25) is 4.79 Å². The first-order valence-corrected chi connectivity index (χ1v) is 6.53. The summed E-state index contributed by atoms with van der Waals surface area (Å²) in [6.07, 6.45) is 1.15. The minimum absolute atomic E-state index is 0.00803. The molecule has 5 nitrogen and oxygen atoms in total. The maximum atomic E-state index is 10.9. The molecular formula is C8H17NO4S. The van der Waals surface area contributed by atoms with E-state index in [9.17, 15) is 18.3 Å². The first-order valence-electron chi connectivity index (χ1n) is 4.47. The fourth-order valence-corrected chi connectivity index (χ4v) is 1.77. The number of carbonyl (C=O) groups is 1. The Balaban J connectivity index is 3.74. The molecule has 0 fully saturated rings. The van der Waals surface area contributed by atoms with Crippen molar-refractivity contribution in [3.8, 4) is 0 Å². The highest BCUT2D eigenvalue weighted by Gasteiger charge is 2.12. The van der Waals surface area contributed by atoms with E-state index in [1.54, 1.807) is 0 Å². The van der Waals surface area contributed by atoms with Crippen LogP contribution < -0.4 is 5.32 Å². The van der Waals surface area contributed by atoms with Crippen molar-refractivity contribution in [3.05, 3.63) is 0 Å². The Morgan fingerprint density at radius 3 is 2.50 bits per heavy atom. The summed E-state index contributed by atoms with van der Waals surface area (Å²) in [7, 11) is -3.18. The van der Waals surface area contributed by atoms with Gasteiger partial charge in [-0.1, -0.05) is 6.92 Å². The van der Waals surface area contributed by atoms with Gasteiger partial charge in [-0.05, 0) is 6.42 Å². The lowest BCUT2D eigenvalue weighted by Crippen LogP contribution is -2.35. The molecule has 6 heteroatoms. The van der Waals surface area contributed by atoms with E-state index in [2.05, 4.69) is 5.32 Å². The van der Waals surface area contributed by atoms with Crippen molar-refractivity contribution in [3.63, 3.8) is 0 Å². The molecule has 0 saturated carbocycles. The molecule has 0 aromatic heterocycles. The summed E-state index contributed by atoms with van der Waals surface area (Å²) in [4.78, 5) is 10.9. The van der Waals surface area contributed by atoms with E-state index in [1.165, 1.54) is 0 Å². The van der Waals surface area contributed by atoms with Crippen molar-refractivity contribution in [2.75, 3.05) is 18.6 Å². The molecule has 0 aromatic carbocycles. The van der Waals surface area contributed by atoms with Crippen LogP contribution in [0.5, 0.6) is 0 Å². The molecule has 0 saturated heterocycles. The van der Waals surface area contributed by atoms with Crippen molar-refractivity contribution in [1.82, 2.24) is 5.32 Å².